The fraction of sp³-hybridized carbons (Fsp3) is 0.154. The van der Waals surface area contributed by atoms with E-state index in [2.05, 4.69) is 31.6 Å². The summed E-state index contributed by atoms with van der Waals surface area (Å²) in [4.78, 5) is 11.9. The second-order valence-corrected chi connectivity index (χ2v) is 4.98. The number of hydrogen-bond acceptors (Lipinski definition) is 5. The Bertz CT molecular complexity index is 697. The van der Waals surface area contributed by atoms with Crippen LogP contribution in [0.5, 0.6) is 11.5 Å². The number of aryl methyl sites for hydroxylation is 1. The Morgan fingerprint density at radius 1 is 1.57 bits per heavy atom. The van der Waals surface area contributed by atoms with E-state index in [1.807, 2.05) is 0 Å². The number of ether oxygens (including phenoxy) is 1. The maximum absolute atomic E-state index is 11.9. The smallest absolute Gasteiger partial charge is 0.293 e. The highest BCUT2D eigenvalue weighted by molar-refractivity contribution is 9.10. The molecule has 2 rings (SSSR count). The van der Waals surface area contributed by atoms with Crippen molar-refractivity contribution in [2.45, 2.75) is 0 Å². The number of benzene rings is 1. The average Bonchev–Trinajstić information content (AvgIpc) is 2.79. The molecule has 1 aromatic heterocycles. The van der Waals surface area contributed by atoms with Gasteiger partial charge in [0.25, 0.3) is 5.91 Å². The molecule has 110 valence electrons. The minimum Gasteiger partial charge on any atom is -0.507 e. The largest absolute Gasteiger partial charge is 0.507 e. The number of rotatable bonds is 4. The molecule has 2 N–H and O–H groups in total. The van der Waals surface area contributed by atoms with Crippen LogP contribution in [0.15, 0.2) is 34.0 Å². The monoisotopic (exact) mass is 352 g/mol. The van der Waals surface area contributed by atoms with Crippen molar-refractivity contribution >= 4 is 28.1 Å². The number of phenols is 1. The molecule has 0 fully saturated rings. The van der Waals surface area contributed by atoms with Gasteiger partial charge in [-0.25, -0.2) is 5.43 Å². The number of carbonyl (C=O) groups is 1. The third kappa shape index (κ3) is 3.60. The molecule has 2 aromatic rings. The molecule has 0 atom stereocenters. The zero-order chi connectivity index (χ0) is 15.4. The summed E-state index contributed by atoms with van der Waals surface area (Å²) in [7, 11) is 3.23. The molecule has 1 amide bonds. The Morgan fingerprint density at radius 2 is 2.33 bits per heavy atom. The van der Waals surface area contributed by atoms with Crippen molar-refractivity contribution in [3.05, 3.63) is 40.1 Å². The van der Waals surface area contributed by atoms with Gasteiger partial charge < -0.3 is 9.84 Å². The van der Waals surface area contributed by atoms with Gasteiger partial charge in [0.1, 0.15) is 11.5 Å². The van der Waals surface area contributed by atoms with E-state index in [1.54, 1.807) is 25.4 Å². The van der Waals surface area contributed by atoms with Crippen molar-refractivity contribution in [1.82, 2.24) is 15.2 Å². The SMILES string of the molecule is COc1ccc(O)c(/C=N/NC(=O)c2nn(C)cc2Br)c1. The van der Waals surface area contributed by atoms with Crippen molar-refractivity contribution in [3.8, 4) is 11.5 Å². The summed E-state index contributed by atoms with van der Waals surface area (Å²) < 4.78 is 7.13. The van der Waals surface area contributed by atoms with Crippen molar-refractivity contribution in [2.24, 2.45) is 12.1 Å². The standard InChI is InChI=1S/C13H13BrN4O3/c1-18-7-10(14)12(17-18)13(20)16-15-6-8-5-9(21-2)3-4-11(8)19/h3-7,19H,1-2H3,(H,16,20)/b15-6+. The highest BCUT2D eigenvalue weighted by Crippen LogP contribution is 2.21. The van der Waals surface area contributed by atoms with Gasteiger partial charge in [0.05, 0.1) is 17.8 Å². The van der Waals surface area contributed by atoms with Crippen LogP contribution in [0.3, 0.4) is 0 Å². The third-order valence-electron chi connectivity index (χ3n) is 2.60. The summed E-state index contributed by atoms with van der Waals surface area (Å²) in [6.45, 7) is 0. The Hall–Kier alpha value is -2.35. The van der Waals surface area contributed by atoms with E-state index in [0.717, 1.165) is 0 Å². The lowest BCUT2D eigenvalue weighted by Gasteiger charge is -2.03. The summed E-state index contributed by atoms with van der Waals surface area (Å²) in [5.74, 6) is 0.155. The Balaban J connectivity index is 2.09. The van der Waals surface area contributed by atoms with E-state index < -0.39 is 5.91 Å². The van der Waals surface area contributed by atoms with Crippen LogP contribution >= 0.6 is 15.9 Å². The molecule has 0 saturated heterocycles. The molecule has 0 bridgehead atoms. The summed E-state index contributed by atoms with van der Waals surface area (Å²) in [6, 6.07) is 4.70. The van der Waals surface area contributed by atoms with Crippen LogP contribution in [-0.4, -0.2) is 34.1 Å². The fourth-order valence-electron chi connectivity index (χ4n) is 1.59. The van der Waals surface area contributed by atoms with E-state index >= 15 is 0 Å². The van der Waals surface area contributed by atoms with Crippen LogP contribution in [0.4, 0.5) is 0 Å². The molecular formula is C13H13BrN4O3. The zero-order valence-electron chi connectivity index (χ0n) is 11.4. The number of methoxy groups -OCH3 is 1. The van der Waals surface area contributed by atoms with Gasteiger partial charge in [-0.1, -0.05) is 0 Å². The average molecular weight is 353 g/mol. The lowest BCUT2D eigenvalue weighted by Crippen LogP contribution is -2.19. The maximum atomic E-state index is 11.9. The van der Waals surface area contributed by atoms with Gasteiger partial charge in [-0.3, -0.25) is 9.48 Å². The number of carbonyl (C=O) groups excluding carboxylic acids is 1. The van der Waals surface area contributed by atoms with Gasteiger partial charge in [-0.05, 0) is 34.1 Å². The van der Waals surface area contributed by atoms with Crippen LogP contribution in [0.2, 0.25) is 0 Å². The first-order chi connectivity index (χ1) is 10.0. The van der Waals surface area contributed by atoms with Crippen LogP contribution in [-0.2, 0) is 7.05 Å². The van der Waals surface area contributed by atoms with Gasteiger partial charge in [0.15, 0.2) is 5.69 Å². The Kier molecular flexibility index (Phi) is 4.59. The van der Waals surface area contributed by atoms with Crippen molar-refractivity contribution in [2.75, 3.05) is 7.11 Å². The lowest BCUT2D eigenvalue weighted by molar-refractivity contribution is 0.0948. The Labute approximate surface area is 129 Å². The number of nitrogens with one attached hydrogen (secondary N) is 1. The molecule has 8 heteroatoms. The summed E-state index contributed by atoms with van der Waals surface area (Å²) >= 11 is 3.23. The quantitative estimate of drug-likeness (QED) is 0.646. The number of nitrogens with zero attached hydrogens (tertiary/aromatic N) is 3. The highest BCUT2D eigenvalue weighted by Gasteiger charge is 2.13. The molecule has 0 spiro atoms. The number of aromatic hydroxyl groups is 1. The summed E-state index contributed by atoms with van der Waals surface area (Å²) in [5.41, 5.74) is 2.99. The topological polar surface area (TPSA) is 88.7 Å². The number of aromatic nitrogens is 2. The first-order valence-corrected chi connectivity index (χ1v) is 6.70. The molecule has 0 aliphatic rings. The molecule has 0 radical (unpaired) electrons. The van der Waals surface area contributed by atoms with Gasteiger partial charge in [-0.15, -0.1) is 0 Å². The normalized spacial score (nSPS) is 10.8. The third-order valence-corrected chi connectivity index (χ3v) is 3.18. The Morgan fingerprint density at radius 3 is 2.95 bits per heavy atom. The van der Waals surface area contributed by atoms with E-state index in [1.165, 1.54) is 24.1 Å². The van der Waals surface area contributed by atoms with E-state index in [9.17, 15) is 9.90 Å². The van der Waals surface area contributed by atoms with Crippen molar-refractivity contribution in [3.63, 3.8) is 0 Å². The molecule has 7 nitrogen and oxygen atoms in total. The molecule has 0 aliphatic heterocycles. The highest BCUT2D eigenvalue weighted by atomic mass is 79.9. The summed E-state index contributed by atoms with van der Waals surface area (Å²) in [6.07, 6.45) is 2.99. The van der Waals surface area contributed by atoms with Gasteiger partial charge in [0.2, 0.25) is 0 Å². The first kappa shape index (κ1) is 15.0. The fourth-order valence-corrected chi connectivity index (χ4v) is 2.15. The van der Waals surface area contributed by atoms with Crippen molar-refractivity contribution < 1.29 is 14.6 Å². The second-order valence-electron chi connectivity index (χ2n) is 4.12. The number of amides is 1. The van der Waals surface area contributed by atoms with Gasteiger partial charge >= 0.3 is 0 Å². The van der Waals surface area contributed by atoms with Crippen LogP contribution < -0.4 is 10.2 Å². The summed E-state index contributed by atoms with van der Waals surface area (Å²) in [5, 5.41) is 17.5. The molecule has 1 aromatic carbocycles. The molecule has 0 unspecified atom stereocenters. The van der Waals surface area contributed by atoms with Crippen LogP contribution in [0.25, 0.3) is 0 Å². The minimum absolute atomic E-state index is 0.0350. The zero-order valence-corrected chi connectivity index (χ0v) is 13.0. The van der Waals surface area contributed by atoms with Gasteiger partial charge in [-0.2, -0.15) is 10.2 Å². The molecule has 21 heavy (non-hydrogen) atoms. The molecule has 1 heterocycles. The number of hydrogen-bond donors (Lipinski definition) is 2. The lowest BCUT2D eigenvalue weighted by atomic mass is 10.2. The molecule has 0 aliphatic carbocycles. The van der Waals surface area contributed by atoms with Gasteiger partial charge in [0, 0.05) is 18.8 Å². The number of halogens is 1. The first-order valence-electron chi connectivity index (χ1n) is 5.91. The number of phenolic OH excluding ortho intramolecular Hbond substituents is 1. The van der Waals surface area contributed by atoms with E-state index in [-0.39, 0.29) is 11.4 Å². The minimum atomic E-state index is -0.457. The van der Waals surface area contributed by atoms with Crippen molar-refractivity contribution in [1.29, 1.82) is 0 Å². The van der Waals surface area contributed by atoms with E-state index in [0.29, 0.717) is 15.8 Å². The molecule has 0 saturated carbocycles. The second kappa shape index (κ2) is 6.40. The predicted octanol–water partition coefficient (Wildman–Crippen LogP) is 1.66. The van der Waals surface area contributed by atoms with E-state index in [4.69, 9.17) is 4.74 Å². The molecular weight excluding hydrogens is 340 g/mol. The maximum Gasteiger partial charge on any atom is 0.293 e. The number of hydrazone groups is 1. The van der Waals surface area contributed by atoms with Crippen LogP contribution in [0.1, 0.15) is 16.1 Å². The van der Waals surface area contributed by atoms with Crippen LogP contribution in [0, 0.1) is 0 Å². The predicted molar refractivity (Wildman–Crippen MR) is 80.6 cm³/mol.